The van der Waals surface area contributed by atoms with E-state index in [4.69, 9.17) is 5.26 Å². The lowest BCUT2D eigenvalue weighted by molar-refractivity contribution is -0.120. The van der Waals surface area contributed by atoms with Gasteiger partial charge in [0.25, 0.3) is 0 Å². The van der Waals surface area contributed by atoms with Gasteiger partial charge in [-0.25, -0.2) is 0 Å². The van der Waals surface area contributed by atoms with Crippen molar-refractivity contribution in [3.05, 3.63) is 35.9 Å². The summed E-state index contributed by atoms with van der Waals surface area (Å²) in [4.78, 5) is 11.7. The molecule has 1 fully saturated rings. The minimum Gasteiger partial charge on any atom is -0.340 e. The fourth-order valence-corrected chi connectivity index (χ4v) is 1.69. The topological polar surface area (TPSA) is 52.9 Å². The van der Waals surface area contributed by atoms with Gasteiger partial charge in [0.1, 0.15) is 6.04 Å². The van der Waals surface area contributed by atoms with Gasteiger partial charge >= 0.3 is 0 Å². The number of hydrogen-bond donors (Lipinski definition) is 1. The molecule has 1 aromatic rings. The molecule has 0 spiro atoms. The van der Waals surface area contributed by atoms with Gasteiger partial charge in [-0.3, -0.25) is 4.79 Å². The minimum absolute atomic E-state index is 0.0651. The Labute approximate surface area is 95.1 Å². The highest BCUT2D eigenvalue weighted by Gasteiger charge is 2.32. The smallest absolute Gasteiger partial charge is 0.225 e. The number of benzene rings is 1. The first kappa shape index (κ1) is 10.7. The molecular formula is C13H14N2O. The Morgan fingerprint density at radius 3 is 2.69 bits per heavy atom. The second-order valence-electron chi connectivity index (χ2n) is 4.17. The molecule has 1 N–H and O–H groups in total. The number of nitrogens with zero attached hydrogens (tertiary/aromatic N) is 1. The Bertz CT molecular complexity index is 404. The third-order valence-electron chi connectivity index (χ3n) is 2.76. The van der Waals surface area contributed by atoms with E-state index in [0.29, 0.717) is 12.3 Å². The van der Waals surface area contributed by atoms with Crippen molar-refractivity contribution in [1.29, 1.82) is 5.26 Å². The summed E-state index contributed by atoms with van der Waals surface area (Å²) in [5.74, 6) is 0.314. The standard InChI is InChI=1S/C13H14N2O/c14-9-12(11-6-7-11)15-13(16)8-10-4-2-1-3-5-10/h1-5,11-12H,6-8H2,(H,15,16). The van der Waals surface area contributed by atoms with Gasteiger partial charge in [0.2, 0.25) is 5.91 Å². The van der Waals surface area contributed by atoms with Crippen molar-refractivity contribution < 1.29 is 4.79 Å². The zero-order valence-corrected chi connectivity index (χ0v) is 9.02. The molecule has 1 aliphatic carbocycles. The monoisotopic (exact) mass is 214 g/mol. The van der Waals surface area contributed by atoms with E-state index in [1.54, 1.807) is 0 Å². The van der Waals surface area contributed by atoms with Crippen LogP contribution in [0.3, 0.4) is 0 Å². The second kappa shape index (κ2) is 4.80. The van der Waals surface area contributed by atoms with Crippen LogP contribution >= 0.6 is 0 Å². The lowest BCUT2D eigenvalue weighted by Crippen LogP contribution is -2.36. The molecule has 0 aromatic heterocycles. The first-order valence-corrected chi connectivity index (χ1v) is 5.52. The van der Waals surface area contributed by atoms with Crippen LogP contribution < -0.4 is 5.32 Å². The zero-order chi connectivity index (χ0) is 11.4. The van der Waals surface area contributed by atoms with Crippen LogP contribution in [0, 0.1) is 17.2 Å². The number of nitriles is 1. The minimum atomic E-state index is -0.295. The zero-order valence-electron chi connectivity index (χ0n) is 9.02. The summed E-state index contributed by atoms with van der Waals surface area (Å²) in [7, 11) is 0. The lowest BCUT2D eigenvalue weighted by atomic mass is 10.1. The fraction of sp³-hybridized carbons (Fsp3) is 0.385. The Kier molecular flexibility index (Phi) is 3.21. The number of amides is 1. The largest absolute Gasteiger partial charge is 0.340 e. The van der Waals surface area contributed by atoms with Gasteiger partial charge in [-0.05, 0) is 24.3 Å². The van der Waals surface area contributed by atoms with E-state index >= 15 is 0 Å². The van der Waals surface area contributed by atoms with Gasteiger partial charge in [0, 0.05) is 0 Å². The number of rotatable bonds is 4. The quantitative estimate of drug-likeness (QED) is 0.828. The maximum atomic E-state index is 11.7. The van der Waals surface area contributed by atoms with E-state index in [0.717, 1.165) is 18.4 Å². The van der Waals surface area contributed by atoms with Gasteiger partial charge in [-0.1, -0.05) is 30.3 Å². The van der Waals surface area contributed by atoms with Crippen molar-refractivity contribution in [3.63, 3.8) is 0 Å². The fourth-order valence-electron chi connectivity index (χ4n) is 1.69. The highest BCUT2D eigenvalue weighted by atomic mass is 16.1. The average molecular weight is 214 g/mol. The maximum Gasteiger partial charge on any atom is 0.225 e. The molecule has 3 heteroatoms. The van der Waals surface area contributed by atoms with Crippen molar-refractivity contribution >= 4 is 5.91 Å². The molecule has 1 amide bonds. The molecule has 1 aliphatic rings. The van der Waals surface area contributed by atoms with Crippen LogP contribution in [-0.4, -0.2) is 11.9 Å². The highest BCUT2D eigenvalue weighted by Crippen LogP contribution is 2.32. The third-order valence-corrected chi connectivity index (χ3v) is 2.76. The molecule has 0 heterocycles. The Morgan fingerprint density at radius 1 is 1.44 bits per heavy atom. The molecule has 0 aliphatic heterocycles. The molecule has 1 atom stereocenters. The van der Waals surface area contributed by atoms with E-state index < -0.39 is 0 Å². The van der Waals surface area contributed by atoms with Gasteiger partial charge < -0.3 is 5.32 Å². The first-order chi connectivity index (χ1) is 7.79. The lowest BCUT2D eigenvalue weighted by Gasteiger charge is -2.10. The van der Waals surface area contributed by atoms with Crippen LogP contribution in [0.15, 0.2) is 30.3 Å². The van der Waals surface area contributed by atoms with Crippen molar-refractivity contribution in [3.8, 4) is 6.07 Å². The van der Waals surface area contributed by atoms with Gasteiger partial charge in [-0.15, -0.1) is 0 Å². The average Bonchev–Trinajstić information content (AvgIpc) is 3.11. The number of carbonyl (C=O) groups is 1. The molecule has 1 aromatic carbocycles. The molecule has 82 valence electrons. The summed E-state index contributed by atoms with van der Waals surface area (Å²) in [5, 5.41) is 11.7. The molecule has 2 rings (SSSR count). The van der Waals surface area contributed by atoms with E-state index in [2.05, 4.69) is 11.4 Å². The molecule has 0 bridgehead atoms. The van der Waals surface area contributed by atoms with E-state index in [1.807, 2.05) is 30.3 Å². The summed E-state index contributed by atoms with van der Waals surface area (Å²) in [6, 6.07) is 11.4. The summed E-state index contributed by atoms with van der Waals surface area (Å²) in [6.07, 6.45) is 2.47. The van der Waals surface area contributed by atoms with E-state index in [9.17, 15) is 4.79 Å². The van der Waals surface area contributed by atoms with Crippen LogP contribution in [0.25, 0.3) is 0 Å². The van der Waals surface area contributed by atoms with E-state index in [1.165, 1.54) is 0 Å². The SMILES string of the molecule is N#CC(NC(=O)Cc1ccccc1)C1CC1. The maximum absolute atomic E-state index is 11.7. The highest BCUT2D eigenvalue weighted by molar-refractivity contribution is 5.79. The van der Waals surface area contributed by atoms with Gasteiger partial charge in [0.15, 0.2) is 0 Å². The molecule has 1 unspecified atom stereocenters. The first-order valence-electron chi connectivity index (χ1n) is 5.52. The predicted molar refractivity (Wildman–Crippen MR) is 60.4 cm³/mol. The summed E-state index contributed by atoms with van der Waals surface area (Å²) in [5.41, 5.74) is 0.979. The van der Waals surface area contributed by atoms with Crippen LogP contribution in [0.2, 0.25) is 0 Å². The normalized spacial score (nSPS) is 16.2. The van der Waals surface area contributed by atoms with Crippen molar-refractivity contribution in [2.45, 2.75) is 25.3 Å². The Hall–Kier alpha value is -1.82. The summed E-state index contributed by atoms with van der Waals surface area (Å²) >= 11 is 0. The molecule has 3 nitrogen and oxygen atoms in total. The van der Waals surface area contributed by atoms with Gasteiger partial charge in [0.05, 0.1) is 12.5 Å². The van der Waals surface area contributed by atoms with Gasteiger partial charge in [-0.2, -0.15) is 5.26 Å². The molecule has 0 saturated heterocycles. The van der Waals surface area contributed by atoms with Crippen molar-refractivity contribution in [2.24, 2.45) is 5.92 Å². The van der Waals surface area contributed by atoms with Crippen molar-refractivity contribution in [1.82, 2.24) is 5.32 Å². The molecule has 16 heavy (non-hydrogen) atoms. The van der Waals surface area contributed by atoms with Crippen LogP contribution in [0.5, 0.6) is 0 Å². The Morgan fingerprint density at radius 2 is 2.12 bits per heavy atom. The number of nitrogens with one attached hydrogen (secondary N) is 1. The van der Waals surface area contributed by atoms with E-state index in [-0.39, 0.29) is 11.9 Å². The third kappa shape index (κ3) is 2.83. The van der Waals surface area contributed by atoms with Crippen LogP contribution in [0.4, 0.5) is 0 Å². The number of hydrogen-bond acceptors (Lipinski definition) is 2. The molecular weight excluding hydrogens is 200 g/mol. The van der Waals surface area contributed by atoms with Crippen LogP contribution in [0.1, 0.15) is 18.4 Å². The van der Waals surface area contributed by atoms with Crippen molar-refractivity contribution in [2.75, 3.05) is 0 Å². The second-order valence-corrected chi connectivity index (χ2v) is 4.17. The predicted octanol–water partition coefficient (Wildman–Crippen LogP) is 1.65. The summed E-state index contributed by atoms with van der Waals surface area (Å²) in [6.45, 7) is 0. The summed E-state index contributed by atoms with van der Waals surface area (Å²) < 4.78 is 0. The number of carbonyl (C=O) groups excluding carboxylic acids is 1. The Balaban J connectivity index is 1.87. The molecule has 1 saturated carbocycles. The van der Waals surface area contributed by atoms with Crippen LogP contribution in [-0.2, 0) is 11.2 Å². The molecule has 0 radical (unpaired) electrons.